The van der Waals surface area contributed by atoms with Crippen LogP contribution >= 0.6 is 0 Å². The summed E-state index contributed by atoms with van der Waals surface area (Å²) in [4.78, 5) is 0. The maximum Gasteiger partial charge on any atom is -0.0420 e. The van der Waals surface area contributed by atoms with Gasteiger partial charge in [0, 0.05) is 0 Å². The first-order valence-corrected chi connectivity index (χ1v) is 7.84. The molecule has 0 bridgehead atoms. The molecule has 0 aromatic carbocycles. The summed E-state index contributed by atoms with van der Waals surface area (Å²) in [6.45, 7) is 16.6. The lowest BCUT2D eigenvalue weighted by molar-refractivity contribution is 0.323. The van der Waals surface area contributed by atoms with Crippen LogP contribution in [-0.2, 0) is 0 Å². The molecule has 0 saturated heterocycles. The predicted molar refractivity (Wildman–Crippen MR) is 80.3 cm³/mol. The van der Waals surface area contributed by atoms with Crippen LogP contribution in [0.2, 0.25) is 0 Å². The van der Waals surface area contributed by atoms with Gasteiger partial charge in [-0.05, 0) is 29.6 Å². The fraction of sp³-hybridized carbons (Fsp3) is 1.00. The maximum atomic E-state index is 2.44. The molecule has 0 heterocycles. The van der Waals surface area contributed by atoms with Crippen molar-refractivity contribution in [1.29, 1.82) is 0 Å². The molecule has 0 rings (SSSR count). The summed E-state index contributed by atoms with van der Waals surface area (Å²) in [5.74, 6) is 4.42. The van der Waals surface area contributed by atoms with E-state index in [9.17, 15) is 0 Å². The zero-order chi connectivity index (χ0) is 13.4. The Morgan fingerprint density at radius 3 is 1.47 bits per heavy atom. The standard InChI is InChI=1S/C17H36/c1-13(2)16(6)10-8-9-15(5)11-12-17(7)14(3)4/h13-17H,8-12H2,1-7H3. The Bertz CT molecular complexity index is 169. The van der Waals surface area contributed by atoms with Crippen molar-refractivity contribution in [2.75, 3.05) is 0 Å². The lowest BCUT2D eigenvalue weighted by Crippen LogP contribution is -2.07. The third kappa shape index (κ3) is 8.69. The molecule has 0 aliphatic heterocycles. The number of hydrogen-bond donors (Lipinski definition) is 0. The Morgan fingerprint density at radius 1 is 0.529 bits per heavy atom. The van der Waals surface area contributed by atoms with Crippen molar-refractivity contribution in [2.45, 2.75) is 80.6 Å². The lowest BCUT2D eigenvalue weighted by Gasteiger charge is -2.19. The van der Waals surface area contributed by atoms with Crippen molar-refractivity contribution in [3.8, 4) is 0 Å². The van der Waals surface area contributed by atoms with E-state index in [0.717, 1.165) is 29.6 Å². The van der Waals surface area contributed by atoms with Gasteiger partial charge in [-0.15, -0.1) is 0 Å². The Labute approximate surface area is 111 Å². The molecule has 0 aliphatic rings. The Balaban J connectivity index is 3.56. The van der Waals surface area contributed by atoms with E-state index in [1.807, 2.05) is 0 Å². The van der Waals surface area contributed by atoms with E-state index in [0.29, 0.717) is 0 Å². The van der Waals surface area contributed by atoms with Crippen LogP contribution in [0.5, 0.6) is 0 Å². The van der Waals surface area contributed by atoms with Crippen LogP contribution in [0.15, 0.2) is 0 Å². The molecule has 104 valence electrons. The first-order valence-electron chi connectivity index (χ1n) is 7.84. The average molecular weight is 240 g/mol. The SMILES string of the molecule is CC(CCCC(C)C(C)C)CCC(C)C(C)C. The monoisotopic (exact) mass is 240 g/mol. The highest BCUT2D eigenvalue weighted by Crippen LogP contribution is 2.24. The van der Waals surface area contributed by atoms with E-state index >= 15 is 0 Å². The van der Waals surface area contributed by atoms with Gasteiger partial charge in [-0.2, -0.15) is 0 Å². The van der Waals surface area contributed by atoms with E-state index in [-0.39, 0.29) is 0 Å². The van der Waals surface area contributed by atoms with E-state index in [1.54, 1.807) is 0 Å². The van der Waals surface area contributed by atoms with E-state index in [2.05, 4.69) is 48.5 Å². The second kappa shape index (κ2) is 9.00. The van der Waals surface area contributed by atoms with Crippen LogP contribution in [0, 0.1) is 29.6 Å². The summed E-state index contributed by atoms with van der Waals surface area (Å²) < 4.78 is 0. The van der Waals surface area contributed by atoms with Gasteiger partial charge < -0.3 is 0 Å². The third-order valence-electron chi connectivity index (χ3n) is 4.75. The number of hydrogen-bond acceptors (Lipinski definition) is 0. The summed E-state index contributed by atoms with van der Waals surface area (Å²) in [5.41, 5.74) is 0. The first-order chi connectivity index (χ1) is 7.84. The minimum Gasteiger partial charge on any atom is -0.0625 e. The predicted octanol–water partition coefficient (Wildman–Crippen LogP) is 6.16. The van der Waals surface area contributed by atoms with Crippen molar-refractivity contribution >= 4 is 0 Å². The molecule has 3 atom stereocenters. The highest BCUT2D eigenvalue weighted by Gasteiger charge is 2.11. The zero-order valence-corrected chi connectivity index (χ0v) is 13.4. The molecule has 17 heavy (non-hydrogen) atoms. The molecule has 0 aliphatic carbocycles. The van der Waals surface area contributed by atoms with E-state index < -0.39 is 0 Å². The topological polar surface area (TPSA) is 0 Å². The lowest BCUT2D eigenvalue weighted by atomic mass is 9.87. The van der Waals surface area contributed by atoms with Gasteiger partial charge in [0.2, 0.25) is 0 Å². The van der Waals surface area contributed by atoms with Gasteiger partial charge in [0.05, 0.1) is 0 Å². The summed E-state index contributed by atoms with van der Waals surface area (Å²) in [6, 6.07) is 0. The summed E-state index contributed by atoms with van der Waals surface area (Å²) in [6.07, 6.45) is 7.12. The van der Waals surface area contributed by atoms with Gasteiger partial charge in [0.1, 0.15) is 0 Å². The molecule has 0 heteroatoms. The highest BCUT2D eigenvalue weighted by atomic mass is 14.2. The highest BCUT2D eigenvalue weighted by molar-refractivity contribution is 4.63. The normalized spacial score (nSPS) is 17.5. The molecule has 0 aromatic rings. The fourth-order valence-electron chi connectivity index (χ4n) is 2.15. The van der Waals surface area contributed by atoms with Crippen molar-refractivity contribution in [2.24, 2.45) is 29.6 Å². The zero-order valence-electron chi connectivity index (χ0n) is 13.4. The van der Waals surface area contributed by atoms with Crippen LogP contribution in [0.1, 0.15) is 80.6 Å². The molecule has 0 amide bonds. The van der Waals surface area contributed by atoms with Crippen LogP contribution in [-0.4, -0.2) is 0 Å². The molecule has 0 N–H and O–H groups in total. The molecular formula is C17H36. The van der Waals surface area contributed by atoms with Crippen LogP contribution < -0.4 is 0 Å². The minimum absolute atomic E-state index is 0.850. The van der Waals surface area contributed by atoms with Crippen molar-refractivity contribution in [1.82, 2.24) is 0 Å². The Hall–Kier alpha value is 0. The fourth-order valence-corrected chi connectivity index (χ4v) is 2.15. The summed E-state index contributed by atoms with van der Waals surface area (Å²) in [5, 5.41) is 0. The van der Waals surface area contributed by atoms with Gasteiger partial charge >= 0.3 is 0 Å². The van der Waals surface area contributed by atoms with Gasteiger partial charge in [-0.1, -0.05) is 80.6 Å². The van der Waals surface area contributed by atoms with Gasteiger partial charge in [0.15, 0.2) is 0 Å². The minimum atomic E-state index is 0.850. The van der Waals surface area contributed by atoms with Gasteiger partial charge in [0.25, 0.3) is 0 Å². The number of rotatable bonds is 9. The Kier molecular flexibility index (Phi) is 9.00. The third-order valence-corrected chi connectivity index (χ3v) is 4.75. The van der Waals surface area contributed by atoms with Crippen LogP contribution in [0.3, 0.4) is 0 Å². The molecule has 0 aromatic heterocycles. The molecule has 0 spiro atoms. The van der Waals surface area contributed by atoms with Crippen LogP contribution in [0.25, 0.3) is 0 Å². The molecule has 0 saturated carbocycles. The van der Waals surface area contributed by atoms with Gasteiger partial charge in [-0.3, -0.25) is 0 Å². The first kappa shape index (κ1) is 17.0. The molecular weight excluding hydrogens is 204 g/mol. The molecule has 0 nitrogen and oxygen atoms in total. The van der Waals surface area contributed by atoms with E-state index in [1.165, 1.54) is 32.1 Å². The smallest absolute Gasteiger partial charge is 0.0420 e. The quantitative estimate of drug-likeness (QED) is 0.453. The van der Waals surface area contributed by atoms with Crippen molar-refractivity contribution < 1.29 is 0 Å². The summed E-state index contributed by atoms with van der Waals surface area (Å²) in [7, 11) is 0. The summed E-state index contributed by atoms with van der Waals surface area (Å²) >= 11 is 0. The molecule has 0 fully saturated rings. The van der Waals surface area contributed by atoms with Crippen molar-refractivity contribution in [3.05, 3.63) is 0 Å². The largest absolute Gasteiger partial charge is 0.0625 e. The average Bonchev–Trinajstić information content (AvgIpc) is 2.25. The second-order valence-corrected chi connectivity index (χ2v) is 7.06. The van der Waals surface area contributed by atoms with Crippen molar-refractivity contribution in [3.63, 3.8) is 0 Å². The van der Waals surface area contributed by atoms with Crippen LogP contribution in [0.4, 0.5) is 0 Å². The molecule has 3 unspecified atom stereocenters. The molecule has 0 radical (unpaired) electrons. The van der Waals surface area contributed by atoms with Gasteiger partial charge in [-0.25, -0.2) is 0 Å². The Morgan fingerprint density at radius 2 is 1.00 bits per heavy atom. The maximum absolute atomic E-state index is 2.44. The second-order valence-electron chi connectivity index (χ2n) is 7.06. The van der Waals surface area contributed by atoms with E-state index in [4.69, 9.17) is 0 Å².